The van der Waals surface area contributed by atoms with Crippen LogP contribution in [0.15, 0.2) is 53.5 Å². The van der Waals surface area contributed by atoms with Crippen LogP contribution in [0.2, 0.25) is 0 Å². The van der Waals surface area contributed by atoms with Gasteiger partial charge in [-0.25, -0.2) is 0 Å². The van der Waals surface area contributed by atoms with E-state index in [1.165, 1.54) is 4.90 Å². The first kappa shape index (κ1) is 15.7. The maximum atomic E-state index is 12.2. The van der Waals surface area contributed by atoms with Crippen LogP contribution in [0.4, 0.5) is 5.69 Å². The Kier molecular flexibility index (Phi) is 4.29. The topological polar surface area (TPSA) is 87.8 Å². The number of nitrogens with two attached hydrogens (primary N) is 1. The number of imide groups is 1. The highest BCUT2D eigenvalue weighted by molar-refractivity contribution is 6.21. The van der Waals surface area contributed by atoms with Gasteiger partial charge in [0.25, 0.3) is 11.8 Å². The van der Waals surface area contributed by atoms with E-state index in [2.05, 4.69) is 10.3 Å². The minimum Gasteiger partial charge on any atom is -0.370 e. The second-order valence-electron chi connectivity index (χ2n) is 5.57. The van der Waals surface area contributed by atoms with E-state index in [9.17, 15) is 9.59 Å². The smallest absolute Gasteiger partial charge is 0.261 e. The number of hydrogen-bond acceptors (Lipinski definition) is 3. The monoisotopic (exact) mass is 322 g/mol. The molecular formula is C18H18N4O2. The average molecular weight is 322 g/mol. The van der Waals surface area contributed by atoms with Gasteiger partial charge in [0.2, 0.25) is 0 Å². The van der Waals surface area contributed by atoms with Gasteiger partial charge < -0.3 is 11.1 Å². The second-order valence-corrected chi connectivity index (χ2v) is 5.57. The van der Waals surface area contributed by atoms with E-state index in [4.69, 9.17) is 5.73 Å². The molecule has 2 amide bonds. The zero-order valence-electron chi connectivity index (χ0n) is 13.3. The first-order valence-electron chi connectivity index (χ1n) is 7.65. The van der Waals surface area contributed by atoms with Gasteiger partial charge in [-0.1, -0.05) is 24.3 Å². The molecule has 6 heteroatoms. The van der Waals surface area contributed by atoms with Crippen LogP contribution in [-0.4, -0.2) is 35.8 Å². The summed E-state index contributed by atoms with van der Waals surface area (Å²) >= 11 is 0. The van der Waals surface area contributed by atoms with Crippen molar-refractivity contribution in [1.82, 2.24) is 4.90 Å². The van der Waals surface area contributed by atoms with E-state index in [0.29, 0.717) is 11.1 Å². The van der Waals surface area contributed by atoms with Crippen molar-refractivity contribution >= 4 is 23.5 Å². The molecule has 0 aromatic heterocycles. The molecule has 1 aliphatic rings. The van der Waals surface area contributed by atoms with Crippen LogP contribution in [0.5, 0.6) is 0 Å². The molecule has 0 unspecified atom stereocenters. The molecule has 0 bridgehead atoms. The lowest BCUT2D eigenvalue weighted by molar-refractivity contribution is 0.0659. The van der Waals surface area contributed by atoms with Gasteiger partial charge in [0.1, 0.15) is 0 Å². The predicted octanol–water partition coefficient (Wildman–Crippen LogP) is 2.02. The van der Waals surface area contributed by atoms with Crippen molar-refractivity contribution in [3.05, 3.63) is 65.2 Å². The Hall–Kier alpha value is -3.15. The third-order valence-electron chi connectivity index (χ3n) is 3.77. The summed E-state index contributed by atoms with van der Waals surface area (Å²) in [6.45, 7) is 2.43. The Morgan fingerprint density at radius 1 is 1.08 bits per heavy atom. The normalized spacial score (nSPS) is 14.0. The van der Waals surface area contributed by atoms with E-state index >= 15 is 0 Å². The molecular weight excluding hydrogens is 304 g/mol. The van der Waals surface area contributed by atoms with Gasteiger partial charge in [-0.05, 0) is 36.8 Å². The SMILES string of the molecule is Cc1cccc(NC(N)=NCCN2C(=O)c3ccccc3C2=O)c1. The number of hydrogen-bond donors (Lipinski definition) is 2. The third-order valence-corrected chi connectivity index (χ3v) is 3.77. The van der Waals surface area contributed by atoms with Crippen molar-refractivity contribution < 1.29 is 9.59 Å². The van der Waals surface area contributed by atoms with Gasteiger partial charge in [-0.2, -0.15) is 0 Å². The number of fused-ring (bicyclic) bond motifs is 1. The molecule has 1 aliphatic heterocycles. The van der Waals surface area contributed by atoms with E-state index in [0.717, 1.165) is 11.3 Å². The fourth-order valence-corrected chi connectivity index (χ4v) is 2.62. The van der Waals surface area contributed by atoms with Gasteiger partial charge in [-0.15, -0.1) is 0 Å². The van der Waals surface area contributed by atoms with Gasteiger partial charge in [0.05, 0.1) is 17.7 Å². The van der Waals surface area contributed by atoms with Crippen molar-refractivity contribution in [3.63, 3.8) is 0 Å². The highest BCUT2D eigenvalue weighted by Crippen LogP contribution is 2.21. The zero-order valence-corrected chi connectivity index (χ0v) is 13.3. The summed E-state index contributed by atoms with van der Waals surface area (Å²) in [6.07, 6.45) is 0. The molecule has 122 valence electrons. The van der Waals surface area contributed by atoms with Crippen molar-refractivity contribution in [3.8, 4) is 0 Å². The van der Waals surface area contributed by atoms with Crippen molar-refractivity contribution in [1.29, 1.82) is 0 Å². The highest BCUT2D eigenvalue weighted by Gasteiger charge is 2.34. The third kappa shape index (κ3) is 3.12. The van der Waals surface area contributed by atoms with Gasteiger partial charge in [-0.3, -0.25) is 19.5 Å². The van der Waals surface area contributed by atoms with Crippen molar-refractivity contribution in [2.45, 2.75) is 6.92 Å². The molecule has 2 aromatic rings. The van der Waals surface area contributed by atoms with Crippen LogP contribution in [0.1, 0.15) is 26.3 Å². The Morgan fingerprint density at radius 3 is 2.38 bits per heavy atom. The number of nitrogens with zero attached hydrogens (tertiary/aromatic N) is 2. The second kappa shape index (κ2) is 6.54. The standard InChI is InChI=1S/C18H18N4O2/c1-12-5-4-6-13(11-12)21-18(19)20-9-10-22-16(23)14-7-2-3-8-15(14)17(22)24/h2-8,11H,9-10H2,1H3,(H3,19,20,21). The lowest BCUT2D eigenvalue weighted by Gasteiger charge is -2.12. The fraction of sp³-hybridized carbons (Fsp3) is 0.167. The fourth-order valence-electron chi connectivity index (χ4n) is 2.62. The van der Waals surface area contributed by atoms with E-state index in [1.807, 2.05) is 31.2 Å². The molecule has 0 saturated heterocycles. The molecule has 2 aromatic carbocycles. The first-order valence-corrected chi connectivity index (χ1v) is 7.65. The molecule has 0 aliphatic carbocycles. The highest BCUT2D eigenvalue weighted by atomic mass is 16.2. The van der Waals surface area contributed by atoms with Crippen LogP contribution in [0.3, 0.4) is 0 Å². The van der Waals surface area contributed by atoms with Crippen LogP contribution in [-0.2, 0) is 0 Å². The zero-order chi connectivity index (χ0) is 17.1. The Labute approximate surface area is 140 Å². The molecule has 0 saturated carbocycles. The van der Waals surface area contributed by atoms with Crippen LogP contribution < -0.4 is 11.1 Å². The maximum absolute atomic E-state index is 12.2. The largest absolute Gasteiger partial charge is 0.370 e. The molecule has 0 radical (unpaired) electrons. The average Bonchev–Trinajstić information content (AvgIpc) is 2.80. The number of amides is 2. The number of anilines is 1. The van der Waals surface area contributed by atoms with E-state index < -0.39 is 0 Å². The summed E-state index contributed by atoms with van der Waals surface area (Å²) in [5.41, 5.74) is 8.68. The molecule has 3 N–H and O–H groups in total. The minimum atomic E-state index is -0.281. The van der Waals surface area contributed by atoms with E-state index in [1.54, 1.807) is 24.3 Å². The van der Waals surface area contributed by atoms with Crippen LogP contribution >= 0.6 is 0 Å². The van der Waals surface area contributed by atoms with Crippen molar-refractivity contribution in [2.24, 2.45) is 10.7 Å². The molecule has 0 atom stereocenters. The number of aryl methyl sites for hydroxylation is 1. The number of aliphatic imine (C=N–C) groups is 1. The van der Waals surface area contributed by atoms with Crippen LogP contribution in [0.25, 0.3) is 0 Å². The molecule has 0 fully saturated rings. The Morgan fingerprint density at radius 2 is 1.75 bits per heavy atom. The number of guanidine groups is 1. The first-order chi connectivity index (χ1) is 11.6. The summed E-state index contributed by atoms with van der Waals surface area (Å²) in [4.78, 5) is 29.8. The van der Waals surface area contributed by atoms with E-state index in [-0.39, 0.29) is 30.9 Å². The summed E-state index contributed by atoms with van der Waals surface area (Å²) in [7, 11) is 0. The summed E-state index contributed by atoms with van der Waals surface area (Å²) < 4.78 is 0. The predicted molar refractivity (Wildman–Crippen MR) is 93.1 cm³/mol. The maximum Gasteiger partial charge on any atom is 0.261 e. The summed E-state index contributed by atoms with van der Waals surface area (Å²) in [5, 5.41) is 2.99. The Bertz CT molecular complexity index is 794. The molecule has 0 spiro atoms. The number of benzene rings is 2. The van der Waals surface area contributed by atoms with Gasteiger partial charge in [0, 0.05) is 12.2 Å². The van der Waals surface area contributed by atoms with Crippen molar-refractivity contribution in [2.75, 3.05) is 18.4 Å². The molecule has 24 heavy (non-hydrogen) atoms. The minimum absolute atomic E-state index is 0.197. The quantitative estimate of drug-likeness (QED) is 0.512. The summed E-state index contributed by atoms with van der Waals surface area (Å²) in [5.74, 6) is -0.316. The molecule has 6 nitrogen and oxygen atoms in total. The Balaban J connectivity index is 1.60. The number of nitrogens with one attached hydrogen (secondary N) is 1. The molecule has 1 heterocycles. The molecule has 3 rings (SSSR count). The van der Waals surface area contributed by atoms with Gasteiger partial charge in [0.15, 0.2) is 5.96 Å². The number of carbonyl (C=O) groups excluding carboxylic acids is 2. The number of rotatable bonds is 4. The van der Waals surface area contributed by atoms with Gasteiger partial charge >= 0.3 is 0 Å². The lowest BCUT2D eigenvalue weighted by Crippen LogP contribution is -2.33. The lowest BCUT2D eigenvalue weighted by atomic mass is 10.1. The number of carbonyl (C=O) groups is 2. The summed E-state index contributed by atoms with van der Waals surface area (Å²) in [6, 6.07) is 14.6. The van der Waals surface area contributed by atoms with Crippen LogP contribution in [0, 0.1) is 6.92 Å².